The third kappa shape index (κ3) is 2.57. The SMILES string of the molecule is O=C(Cl)c1ccc(C(=O)O)c(S(=O)(=O)O)c1. The molecule has 0 bridgehead atoms. The largest absolute Gasteiger partial charge is 0.478 e. The van der Waals surface area contributed by atoms with Gasteiger partial charge in [0.15, 0.2) is 0 Å². The summed E-state index contributed by atoms with van der Waals surface area (Å²) < 4.78 is 30.5. The van der Waals surface area contributed by atoms with Gasteiger partial charge in [-0.05, 0) is 29.8 Å². The summed E-state index contributed by atoms with van der Waals surface area (Å²) >= 11 is 5.09. The maximum Gasteiger partial charge on any atom is 0.337 e. The average Bonchev–Trinajstić information content (AvgIpc) is 2.15. The first-order valence-electron chi connectivity index (χ1n) is 3.78. The van der Waals surface area contributed by atoms with Crippen molar-refractivity contribution in [3.8, 4) is 0 Å². The van der Waals surface area contributed by atoms with Crippen LogP contribution in [0.2, 0.25) is 0 Å². The van der Waals surface area contributed by atoms with Crippen LogP contribution in [0.25, 0.3) is 0 Å². The van der Waals surface area contributed by atoms with Crippen LogP contribution in [0.15, 0.2) is 23.1 Å². The summed E-state index contributed by atoms with van der Waals surface area (Å²) in [6, 6.07) is 2.63. The quantitative estimate of drug-likeness (QED) is 0.623. The molecule has 0 spiro atoms. The fraction of sp³-hybridized carbons (Fsp3) is 0. The molecule has 0 saturated carbocycles. The van der Waals surface area contributed by atoms with Gasteiger partial charge in [0, 0.05) is 5.56 Å². The Bertz CT molecular complexity index is 562. The molecule has 2 N–H and O–H groups in total. The highest BCUT2D eigenvalue weighted by Gasteiger charge is 2.21. The van der Waals surface area contributed by atoms with Crippen LogP contribution < -0.4 is 0 Å². The lowest BCUT2D eigenvalue weighted by Crippen LogP contribution is -2.09. The van der Waals surface area contributed by atoms with Gasteiger partial charge in [0.05, 0.1) is 5.56 Å². The molecule has 0 aliphatic heterocycles. The second-order valence-corrected chi connectivity index (χ2v) is 4.50. The Kier molecular flexibility index (Phi) is 3.32. The van der Waals surface area contributed by atoms with E-state index < -0.39 is 31.8 Å². The second kappa shape index (κ2) is 4.20. The molecule has 86 valence electrons. The molecule has 0 amide bonds. The Balaban J connectivity index is 3.58. The van der Waals surface area contributed by atoms with E-state index >= 15 is 0 Å². The van der Waals surface area contributed by atoms with E-state index in [1.807, 2.05) is 0 Å². The number of carboxylic acids is 1. The van der Waals surface area contributed by atoms with Gasteiger partial charge in [-0.25, -0.2) is 4.79 Å². The van der Waals surface area contributed by atoms with Crippen molar-refractivity contribution in [2.75, 3.05) is 0 Å². The van der Waals surface area contributed by atoms with Gasteiger partial charge in [-0.3, -0.25) is 9.35 Å². The van der Waals surface area contributed by atoms with E-state index in [2.05, 4.69) is 0 Å². The fourth-order valence-corrected chi connectivity index (χ4v) is 1.86. The molecule has 0 saturated heterocycles. The lowest BCUT2D eigenvalue weighted by molar-refractivity contribution is 0.0692. The number of halogens is 1. The third-order valence-electron chi connectivity index (χ3n) is 1.72. The molecule has 1 aromatic carbocycles. The molecular weight excluding hydrogens is 260 g/mol. The predicted molar refractivity (Wildman–Crippen MR) is 53.4 cm³/mol. The van der Waals surface area contributed by atoms with Crippen LogP contribution >= 0.6 is 11.6 Å². The fourth-order valence-electron chi connectivity index (χ4n) is 1.03. The van der Waals surface area contributed by atoms with E-state index in [0.717, 1.165) is 12.1 Å². The zero-order valence-corrected chi connectivity index (χ0v) is 9.12. The highest BCUT2D eigenvalue weighted by molar-refractivity contribution is 7.86. The Morgan fingerprint density at radius 3 is 2.19 bits per heavy atom. The molecule has 16 heavy (non-hydrogen) atoms. The third-order valence-corrected chi connectivity index (χ3v) is 2.83. The molecule has 0 atom stereocenters. The number of benzene rings is 1. The van der Waals surface area contributed by atoms with Gasteiger partial charge in [-0.1, -0.05) is 0 Å². The Morgan fingerprint density at radius 2 is 1.81 bits per heavy atom. The summed E-state index contributed by atoms with van der Waals surface area (Å²) in [5.74, 6) is -1.54. The maximum absolute atomic E-state index is 10.9. The van der Waals surface area contributed by atoms with E-state index in [0.29, 0.717) is 6.07 Å². The molecule has 0 heterocycles. The molecule has 8 heteroatoms. The lowest BCUT2D eigenvalue weighted by atomic mass is 10.1. The van der Waals surface area contributed by atoms with Gasteiger partial charge < -0.3 is 5.11 Å². The zero-order chi connectivity index (χ0) is 12.5. The van der Waals surface area contributed by atoms with Gasteiger partial charge in [-0.2, -0.15) is 8.42 Å². The molecule has 1 aromatic rings. The van der Waals surface area contributed by atoms with Crippen molar-refractivity contribution in [2.45, 2.75) is 4.90 Å². The molecule has 0 aromatic heterocycles. The minimum absolute atomic E-state index is 0.223. The van der Waals surface area contributed by atoms with Crippen LogP contribution in [0, 0.1) is 0 Å². The Labute approximate surface area is 95.2 Å². The Morgan fingerprint density at radius 1 is 1.25 bits per heavy atom. The maximum atomic E-state index is 10.9. The summed E-state index contributed by atoms with van der Waals surface area (Å²) in [6.07, 6.45) is 0. The number of carboxylic acid groups (broad SMARTS) is 1. The van der Waals surface area contributed by atoms with E-state index in [1.54, 1.807) is 0 Å². The van der Waals surface area contributed by atoms with Crippen LogP contribution in [0.4, 0.5) is 0 Å². The van der Waals surface area contributed by atoms with E-state index in [-0.39, 0.29) is 5.56 Å². The van der Waals surface area contributed by atoms with Crippen molar-refractivity contribution in [1.29, 1.82) is 0 Å². The minimum atomic E-state index is -4.73. The topological polar surface area (TPSA) is 109 Å². The minimum Gasteiger partial charge on any atom is -0.478 e. The van der Waals surface area contributed by atoms with Crippen LogP contribution in [0.1, 0.15) is 20.7 Å². The summed E-state index contributed by atoms with van der Waals surface area (Å²) in [7, 11) is -4.73. The van der Waals surface area contributed by atoms with Gasteiger partial charge in [-0.15, -0.1) is 0 Å². The van der Waals surface area contributed by atoms with Crippen molar-refractivity contribution < 1.29 is 27.7 Å². The smallest absolute Gasteiger partial charge is 0.337 e. The number of carbonyl (C=O) groups is 2. The predicted octanol–water partition coefficient (Wildman–Crippen LogP) is 1.01. The van der Waals surface area contributed by atoms with E-state index in [1.165, 1.54) is 0 Å². The van der Waals surface area contributed by atoms with Crippen molar-refractivity contribution >= 4 is 32.9 Å². The van der Waals surface area contributed by atoms with Crippen molar-refractivity contribution in [1.82, 2.24) is 0 Å². The van der Waals surface area contributed by atoms with Gasteiger partial charge in [0.2, 0.25) is 0 Å². The molecule has 0 unspecified atom stereocenters. The number of rotatable bonds is 3. The summed E-state index contributed by atoms with van der Waals surface area (Å²) in [5, 5.41) is 7.71. The van der Waals surface area contributed by atoms with Gasteiger partial charge in [0.1, 0.15) is 4.90 Å². The summed E-state index contributed by atoms with van der Waals surface area (Å²) in [6.45, 7) is 0. The molecule has 6 nitrogen and oxygen atoms in total. The zero-order valence-electron chi connectivity index (χ0n) is 7.55. The average molecular weight is 265 g/mol. The Hall–Kier alpha value is -1.44. The molecule has 1 rings (SSSR count). The monoisotopic (exact) mass is 264 g/mol. The van der Waals surface area contributed by atoms with E-state index in [4.69, 9.17) is 21.3 Å². The van der Waals surface area contributed by atoms with Crippen LogP contribution in [-0.4, -0.2) is 29.3 Å². The first kappa shape index (κ1) is 12.6. The highest BCUT2D eigenvalue weighted by atomic mass is 35.5. The molecular formula is C8H5ClO6S. The molecule has 0 fully saturated rings. The van der Waals surface area contributed by atoms with Gasteiger partial charge >= 0.3 is 5.97 Å². The number of hydrogen-bond acceptors (Lipinski definition) is 4. The molecule has 0 aliphatic carbocycles. The normalized spacial score (nSPS) is 11.1. The second-order valence-electron chi connectivity index (χ2n) is 2.76. The van der Waals surface area contributed by atoms with Crippen LogP contribution in [0.3, 0.4) is 0 Å². The van der Waals surface area contributed by atoms with Crippen molar-refractivity contribution in [3.63, 3.8) is 0 Å². The van der Waals surface area contributed by atoms with Crippen molar-refractivity contribution in [2.24, 2.45) is 0 Å². The summed E-state index contributed by atoms with van der Waals surface area (Å²) in [4.78, 5) is 20.5. The molecule has 0 aliphatic rings. The van der Waals surface area contributed by atoms with Crippen LogP contribution in [0.5, 0.6) is 0 Å². The first-order chi connectivity index (χ1) is 7.23. The number of hydrogen-bond donors (Lipinski definition) is 2. The number of carbonyl (C=O) groups excluding carboxylic acids is 1. The van der Waals surface area contributed by atoms with E-state index in [9.17, 15) is 18.0 Å². The first-order valence-corrected chi connectivity index (χ1v) is 5.60. The lowest BCUT2D eigenvalue weighted by Gasteiger charge is -2.03. The summed E-state index contributed by atoms with van der Waals surface area (Å²) in [5.41, 5.74) is -0.858. The number of aromatic carboxylic acids is 1. The highest BCUT2D eigenvalue weighted by Crippen LogP contribution is 2.18. The van der Waals surface area contributed by atoms with Crippen molar-refractivity contribution in [3.05, 3.63) is 29.3 Å². The van der Waals surface area contributed by atoms with Crippen LogP contribution in [-0.2, 0) is 10.1 Å². The molecule has 0 radical (unpaired) electrons. The standard InChI is InChI=1S/C8H5ClO6S/c9-7(10)4-1-2-5(8(11)12)6(3-4)16(13,14)15/h1-3H,(H,11,12)(H,13,14,15). The van der Waals surface area contributed by atoms with Gasteiger partial charge in [0.25, 0.3) is 15.4 Å².